The Hall–Kier alpha value is -4.24. The molecular weight excluding hydrogens is 392 g/mol. The molecule has 0 aromatic heterocycles. The molecule has 3 aromatic rings. The Balaban J connectivity index is 1.58. The van der Waals surface area contributed by atoms with Crippen LogP contribution in [0.5, 0.6) is 11.5 Å². The van der Waals surface area contributed by atoms with E-state index >= 15 is 0 Å². The standard InChI is InChI=1S/C25H20N2O4/c26-13-18-14-27(19-10-11-21(25(29)30)23(28)12-19)15-22(18)20-8-4-5-9-24(20)31-16-17-6-2-1-3-7-17/h1-12,14,22,28H,15-16H2,(H,29,30). The number of nitrogens with zero attached hydrogens (tertiary/aromatic N) is 2. The van der Waals surface area contributed by atoms with Gasteiger partial charge in [0.25, 0.3) is 0 Å². The molecule has 0 fully saturated rings. The Labute approximate surface area is 179 Å². The summed E-state index contributed by atoms with van der Waals surface area (Å²) in [7, 11) is 0. The van der Waals surface area contributed by atoms with Crippen molar-refractivity contribution < 1.29 is 19.7 Å². The largest absolute Gasteiger partial charge is 0.507 e. The number of carbonyl (C=O) groups is 1. The van der Waals surface area contributed by atoms with E-state index in [9.17, 15) is 15.2 Å². The van der Waals surface area contributed by atoms with Crippen molar-refractivity contribution in [1.29, 1.82) is 5.26 Å². The summed E-state index contributed by atoms with van der Waals surface area (Å²) in [6.45, 7) is 0.894. The number of rotatable bonds is 6. The molecule has 0 amide bonds. The molecule has 0 bridgehead atoms. The molecule has 0 saturated carbocycles. The predicted molar refractivity (Wildman–Crippen MR) is 116 cm³/mol. The second kappa shape index (κ2) is 8.64. The van der Waals surface area contributed by atoms with Crippen molar-refractivity contribution in [3.05, 3.63) is 101 Å². The van der Waals surface area contributed by atoms with Crippen molar-refractivity contribution >= 4 is 11.7 Å². The maximum absolute atomic E-state index is 11.1. The van der Waals surface area contributed by atoms with E-state index in [1.165, 1.54) is 12.1 Å². The van der Waals surface area contributed by atoms with E-state index in [1.54, 1.807) is 12.3 Å². The summed E-state index contributed by atoms with van der Waals surface area (Å²) in [6.07, 6.45) is 1.73. The second-order valence-electron chi connectivity index (χ2n) is 7.22. The van der Waals surface area contributed by atoms with Crippen LogP contribution in [-0.2, 0) is 6.61 Å². The van der Waals surface area contributed by atoms with Gasteiger partial charge >= 0.3 is 5.97 Å². The predicted octanol–water partition coefficient (Wildman–Crippen LogP) is 4.68. The van der Waals surface area contributed by atoms with Crippen LogP contribution in [0.3, 0.4) is 0 Å². The minimum Gasteiger partial charge on any atom is -0.507 e. The minimum atomic E-state index is -1.19. The van der Waals surface area contributed by atoms with E-state index in [0.717, 1.165) is 11.1 Å². The quantitative estimate of drug-likeness (QED) is 0.611. The molecule has 4 rings (SSSR count). The van der Waals surface area contributed by atoms with E-state index in [-0.39, 0.29) is 17.2 Å². The monoisotopic (exact) mass is 412 g/mol. The van der Waals surface area contributed by atoms with Crippen LogP contribution in [0, 0.1) is 11.3 Å². The lowest BCUT2D eigenvalue weighted by Crippen LogP contribution is -2.17. The molecular formula is C25H20N2O4. The van der Waals surface area contributed by atoms with Crippen molar-refractivity contribution in [2.45, 2.75) is 12.5 Å². The third-order valence-electron chi connectivity index (χ3n) is 5.25. The molecule has 0 radical (unpaired) electrons. The Morgan fingerprint density at radius 3 is 2.55 bits per heavy atom. The van der Waals surface area contributed by atoms with Gasteiger partial charge in [-0.3, -0.25) is 0 Å². The smallest absolute Gasteiger partial charge is 0.339 e. The number of phenols is 1. The van der Waals surface area contributed by atoms with Crippen LogP contribution < -0.4 is 9.64 Å². The third kappa shape index (κ3) is 4.21. The van der Waals surface area contributed by atoms with Crippen molar-refractivity contribution in [1.82, 2.24) is 0 Å². The lowest BCUT2D eigenvalue weighted by Gasteiger charge is -2.20. The topological polar surface area (TPSA) is 93.8 Å². The summed E-state index contributed by atoms with van der Waals surface area (Å²) in [5, 5.41) is 28.9. The zero-order valence-electron chi connectivity index (χ0n) is 16.6. The fraction of sp³-hybridized carbons (Fsp3) is 0.120. The number of para-hydroxylation sites is 1. The zero-order valence-corrected chi connectivity index (χ0v) is 16.6. The van der Waals surface area contributed by atoms with Gasteiger partial charge in [0.05, 0.1) is 11.6 Å². The van der Waals surface area contributed by atoms with E-state index in [0.29, 0.717) is 30.2 Å². The van der Waals surface area contributed by atoms with Gasteiger partial charge in [-0.2, -0.15) is 5.26 Å². The highest BCUT2D eigenvalue weighted by molar-refractivity contribution is 5.91. The Morgan fingerprint density at radius 1 is 1.10 bits per heavy atom. The molecule has 1 heterocycles. The molecule has 0 aliphatic carbocycles. The number of carboxylic acid groups (broad SMARTS) is 1. The summed E-state index contributed by atoms with van der Waals surface area (Å²) >= 11 is 0. The van der Waals surface area contributed by atoms with Gasteiger partial charge in [0, 0.05) is 36.0 Å². The molecule has 154 valence electrons. The van der Waals surface area contributed by atoms with E-state index in [1.807, 2.05) is 59.5 Å². The molecule has 6 nitrogen and oxygen atoms in total. The number of aromatic carboxylic acids is 1. The van der Waals surface area contributed by atoms with E-state index in [4.69, 9.17) is 9.84 Å². The van der Waals surface area contributed by atoms with Gasteiger partial charge in [0.1, 0.15) is 23.7 Å². The van der Waals surface area contributed by atoms with E-state index in [2.05, 4.69) is 6.07 Å². The molecule has 1 atom stereocenters. The van der Waals surface area contributed by atoms with Crippen molar-refractivity contribution in [3.8, 4) is 17.6 Å². The Bertz CT molecular complexity index is 1180. The SMILES string of the molecule is N#CC1=CN(c2ccc(C(=O)O)c(O)c2)CC1c1ccccc1OCc1ccccc1. The lowest BCUT2D eigenvalue weighted by atomic mass is 9.93. The fourth-order valence-electron chi connectivity index (χ4n) is 3.67. The van der Waals surface area contributed by atoms with Crippen molar-refractivity contribution in [2.24, 2.45) is 0 Å². The number of carboxylic acids is 1. The zero-order chi connectivity index (χ0) is 21.8. The first-order valence-corrected chi connectivity index (χ1v) is 9.77. The summed E-state index contributed by atoms with van der Waals surface area (Å²) in [5.41, 5.74) is 2.97. The Kier molecular flexibility index (Phi) is 5.59. The first-order valence-electron chi connectivity index (χ1n) is 9.77. The summed E-state index contributed by atoms with van der Waals surface area (Å²) < 4.78 is 6.07. The van der Waals surface area contributed by atoms with Crippen molar-refractivity contribution in [2.75, 3.05) is 11.4 Å². The van der Waals surface area contributed by atoms with Gasteiger partial charge in [-0.25, -0.2) is 4.79 Å². The maximum atomic E-state index is 11.1. The highest BCUT2D eigenvalue weighted by atomic mass is 16.5. The van der Waals surface area contributed by atoms with Gasteiger partial charge in [0.15, 0.2) is 0 Å². The highest BCUT2D eigenvalue weighted by Crippen LogP contribution is 2.39. The first kappa shape index (κ1) is 20.0. The summed E-state index contributed by atoms with van der Waals surface area (Å²) in [5.74, 6) is -1.00. The van der Waals surface area contributed by atoms with Crippen LogP contribution in [0.1, 0.15) is 27.4 Å². The van der Waals surface area contributed by atoms with E-state index < -0.39 is 5.97 Å². The molecule has 6 heteroatoms. The number of hydrogen-bond acceptors (Lipinski definition) is 5. The normalized spacial score (nSPS) is 15.3. The van der Waals surface area contributed by atoms with Crippen LogP contribution in [0.2, 0.25) is 0 Å². The first-order chi connectivity index (χ1) is 15.1. The number of hydrogen-bond donors (Lipinski definition) is 2. The van der Waals surface area contributed by atoms with Gasteiger partial charge < -0.3 is 19.8 Å². The van der Waals surface area contributed by atoms with Crippen LogP contribution in [0.25, 0.3) is 0 Å². The molecule has 0 spiro atoms. The molecule has 31 heavy (non-hydrogen) atoms. The number of ether oxygens (including phenoxy) is 1. The molecule has 0 saturated heterocycles. The number of anilines is 1. The fourth-order valence-corrected chi connectivity index (χ4v) is 3.67. The number of nitriles is 1. The van der Waals surface area contributed by atoms with Gasteiger partial charge in [-0.1, -0.05) is 48.5 Å². The maximum Gasteiger partial charge on any atom is 0.339 e. The second-order valence-corrected chi connectivity index (χ2v) is 7.22. The average Bonchev–Trinajstić information content (AvgIpc) is 3.22. The Morgan fingerprint density at radius 2 is 1.84 bits per heavy atom. The number of benzene rings is 3. The molecule has 1 aliphatic heterocycles. The average molecular weight is 412 g/mol. The number of aromatic hydroxyl groups is 1. The van der Waals surface area contributed by atoms with Crippen LogP contribution in [0.4, 0.5) is 5.69 Å². The lowest BCUT2D eigenvalue weighted by molar-refractivity contribution is 0.0694. The van der Waals surface area contributed by atoms with Gasteiger partial charge in [-0.15, -0.1) is 0 Å². The van der Waals surface area contributed by atoms with Crippen LogP contribution >= 0.6 is 0 Å². The van der Waals surface area contributed by atoms with Gasteiger partial charge in [0.2, 0.25) is 0 Å². The molecule has 1 aliphatic rings. The van der Waals surface area contributed by atoms with Gasteiger partial charge in [-0.05, 0) is 23.8 Å². The summed E-state index contributed by atoms with van der Waals surface area (Å²) in [4.78, 5) is 13.0. The molecule has 1 unspecified atom stereocenters. The molecule has 3 aromatic carbocycles. The van der Waals surface area contributed by atoms with Crippen LogP contribution in [-0.4, -0.2) is 22.7 Å². The molecule has 2 N–H and O–H groups in total. The summed E-state index contributed by atoms with van der Waals surface area (Å²) in [6, 6.07) is 24.2. The minimum absolute atomic E-state index is 0.163. The third-order valence-corrected chi connectivity index (χ3v) is 5.25. The van der Waals surface area contributed by atoms with Crippen LogP contribution in [0.15, 0.2) is 84.6 Å². The van der Waals surface area contributed by atoms with Crippen molar-refractivity contribution in [3.63, 3.8) is 0 Å². The highest BCUT2D eigenvalue weighted by Gasteiger charge is 2.29.